The maximum absolute atomic E-state index is 12.0. The lowest BCUT2D eigenvalue weighted by Crippen LogP contribution is -2.06. The van der Waals surface area contributed by atoms with E-state index in [9.17, 15) is 13.6 Å². The third kappa shape index (κ3) is 3.52. The predicted molar refractivity (Wildman–Crippen MR) is 57.0 cm³/mol. The highest BCUT2D eigenvalue weighted by Crippen LogP contribution is 2.21. The minimum absolute atomic E-state index is 0.0655. The topological polar surface area (TPSA) is 50.1 Å². The van der Waals surface area contributed by atoms with Gasteiger partial charge in [0.2, 0.25) is 0 Å². The van der Waals surface area contributed by atoms with Crippen molar-refractivity contribution in [2.24, 2.45) is 0 Å². The summed E-state index contributed by atoms with van der Waals surface area (Å²) in [5, 5.41) is 8.60. The van der Waals surface area contributed by atoms with Crippen molar-refractivity contribution in [1.29, 1.82) is 5.26 Å². The minimum atomic E-state index is -2.93. The van der Waals surface area contributed by atoms with Crippen LogP contribution >= 0.6 is 0 Å². The molecule has 0 radical (unpaired) electrons. The summed E-state index contributed by atoms with van der Waals surface area (Å²) in [4.78, 5) is 11.6. The number of rotatable bonds is 5. The molecule has 0 bridgehead atoms. The first-order valence-corrected chi connectivity index (χ1v) is 5.06. The molecule has 0 atom stereocenters. The number of Topliss-reactive ketones (excluding diaryl/α,β-unsaturated/α-hetero) is 1. The summed E-state index contributed by atoms with van der Waals surface area (Å²) in [7, 11) is 0. The van der Waals surface area contributed by atoms with Gasteiger partial charge in [0.15, 0.2) is 5.78 Å². The summed E-state index contributed by atoms with van der Waals surface area (Å²) in [6.07, 6.45) is 0.312. The van der Waals surface area contributed by atoms with Gasteiger partial charge in [0.25, 0.3) is 0 Å². The molecule has 0 aromatic heterocycles. The van der Waals surface area contributed by atoms with Crippen LogP contribution in [0.15, 0.2) is 18.2 Å². The van der Waals surface area contributed by atoms with E-state index in [1.807, 2.05) is 6.07 Å². The fourth-order valence-electron chi connectivity index (χ4n) is 1.42. The molecule has 5 heteroatoms. The Bertz CT molecular complexity index is 452. The molecular weight excluding hydrogens is 228 g/mol. The quantitative estimate of drug-likeness (QED) is 0.742. The van der Waals surface area contributed by atoms with Crippen molar-refractivity contribution < 1.29 is 18.3 Å². The van der Waals surface area contributed by atoms with Gasteiger partial charge in [-0.2, -0.15) is 14.0 Å². The third-order valence-electron chi connectivity index (χ3n) is 2.20. The molecule has 0 unspecified atom stereocenters. The van der Waals surface area contributed by atoms with Gasteiger partial charge in [-0.1, -0.05) is 13.0 Å². The Kier molecular flexibility index (Phi) is 4.58. The number of hydrogen-bond donors (Lipinski definition) is 0. The number of nitrogens with zero attached hydrogens (tertiary/aromatic N) is 1. The Morgan fingerprint density at radius 1 is 1.53 bits per heavy atom. The van der Waals surface area contributed by atoms with E-state index in [-0.39, 0.29) is 29.9 Å². The number of alkyl halides is 2. The largest absolute Gasteiger partial charge is 0.435 e. The van der Waals surface area contributed by atoms with Gasteiger partial charge in [-0.3, -0.25) is 4.79 Å². The first-order chi connectivity index (χ1) is 8.08. The molecule has 0 aliphatic rings. The van der Waals surface area contributed by atoms with Gasteiger partial charge < -0.3 is 4.74 Å². The predicted octanol–water partition coefficient (Wildman–Crippen LogP) is 2.95. The molecule has 0 spiro atoms. The third-order valence-corrected chi connectivity index (χ3v) is 2.20. The summed E-state index contributed by atoms with van der Waals surface area (Å²) in [6, 6.07) is 5.96. The molecule has 0 saturated heterocycles. The minimum Gasteiger partial charge on any atom is -0.435 e. The van der Waals surface area contributed by atoms with Crippen molar-refractivity contribution >= 4 is 5.78 Å². The number of carbonyl (C=O) groups is 1. The smallest absolute Gasteiger partial charge is 0.387 e. The van der Waals surface area contributed by atoms with E-state index in [0.29, 0.717) is 5.56 Å². The van der Waals surface area contributed by atoms with Crippen LogP contribution < -0.4 is 4.74 Å². The zero-order valence-electron chi connectivity index (χ0n) is 9.24. The Balaban J connectivity index is 3.10. The lowest BCUT2D eigenvalue weighted by atomic mass is 10.00. The van der Waals surface area contributed by atoms with E-state index in [2.05, 4.69) is 4.74 Å². The summed E-state index contributed by atoms with van der Waals surface area (Å²) >= 11 is 0. The Morgan fingerprint density at radius 2 is 2.24 bits per heavy atom. The Morgan fingerprint density at radius 3 is 2.76 bits per heavy atom. The normalized spacial score (nSPS) is 10.1. The van der Waals surface area contributed by atoms with Crippen LogP contribution in [-0.2, 0) is 6.42 Å². The van der Waals surface area contributed by atoms with Crippen LogP contribution in [0.4, 0.5) is 8.78 Å². The zero-order valence-corrected chi connectivity index (χ0v) is 9.24. The molecule has 0 amide bonds. The molecule has 0 N–H and O–H groups in total. The van der Waals surface area contributed by atoms with Crippen LogP contribution in [0.3, 0.4) is 0 Å². The molecule has 1 aromatic carbocycles. The lowest BCUT2D eigenvalue weighted by molar-refractivity contribution is -0.0498. The number of carbonyl (C=O) groups excluding carboxylic acids is 1. The van der Waals surface area contributed by atoms with Crippen LogP contribution in [0, 0.1) is 11.3 Å². The van der Waals surface area contributed by atoms with Crippen molar-refractivity contribution in [1.82, 2.24) is 0 Å². The second-order valence-electron chi connectivity index (χ2n) is 3.31. The number of halogens is 2. The Hall–Kier alpha value is -1.96. The summed E-state index contributed by atoms with van der Waals surface area (Å²) in [6.45, 7) is -1.26. The molecule has 0 fully saturated rings. The highest BCUT2D eigenvalue weighted by molar-refractivity contribution is 5.97. The fraction of sp³-hybridized carbons (Fsp3) is 0.333. The number of benzene rings is 1. The monoisotopic (exact) mass is 239 g/mol. The molecule has 0 heterocycles. The molecular formula is C12H11F2NO2. The molecule has 0 saturated carbocycles. The van der Waals surface area contributed by atoms with Crippen molar-refractivity contribution in [3.8, 4) is 11.8 Å². The van der Waals surface area contributed by atoms with Crippen molar-refractivity contribution in [2.75, 3.05) is 0 Å². The molecule has 0 aliphatic carbocycles. The highest BCUT2D eigenvalue weighted by atomic mass is 19.3. The maximum Gasteiger partial charge on any atom is 0.387 e. The average Bonchev–Trinajstić information content (AvgIpc) is 2.29. The van der Waals surface area contributed by atoms with E-state index in [1.165, 1.54) is 18.2 Å². The van der Waals surface area contributed by atoms with Crippen LogP contribution in [-0.4, -0.2) is 12.4 Å². The molecule has 90 valence electrons. The number of ether oxygens (including phenoxy) is 1. The van der Waals surface area contributed by atoms with Crippen LogP contribution in [0.2, 0.25) is 0 Å². The van der Waals surface area contributed by atoms with Gasteiger partial charge in [0, 0.05) is 12.0 Å². The second-order valence-corrected chi connectivity index (χ2v) is 3.31. The van der Waals surface area contributed by atoms with E-state index < -0.39 is 6.61 Å². The SMILES string of the molecule is CCC(=O)c1cc(OC(F)F)ccc1CC#N. The number of nitriles is 1. The van der Waals surface area contributed by atoms with Gasteiger partial charge in [-0.05, 0) is 17.7 Å². The molecule has 1 aromatic rings. The fourth-order valence-corrected chi connectivity index (χ4v) is 1.42. The maximum atomic E-state index is 12.0. The average molecular weight is 239 g/mol. The lowest BCUT2D eigenvalue weighted by Gasteiger charge is -2.09. The van der Waals surface area contributed by atoms with Gasteiger partial charge in [0.05, 0.1) is 12.5 Å². The van der Waals surface area contributed by atoms with Crippen LogP contribution in [0.25, 0.3) is 0 Å². The number of ketones is 1. The molecule has 3 nitrogen and oxygen atoms in total. The number of hydrogen-bond acceptors (Lipinski definition) is 3. The van der Waals surface area contributed by atoms with Gasteiger partial charge >= 0.3 is 6.61 Å². The summed E-state index contributed by atoms with van der Waals surface area (Å²) < 4.78 is 28.3. The van der Waals surface area contributed by atoms with Crippen molar-refractivity contribution in [3.63, 3.8) is 0 Å². The van der Waals surface area contributed by atoms with Gasteiger partial charge in [0.1, 0.15) is 5.75 Å². The van der Waals surface area contributed by atoms with E-state index >= 15 is 0 Å². The molecule has 17 heavy (non-hydrogen) atoms. The van der Waals surface area contributed by atoms with Crippen molar-refractivity contribution in [2.45, 2.75) is 26.4 Å². The summed E-state index contributed by atoms with van der Waals surface area (Å²) in [5.41, 5.74) is 0.799. The summed E-state index contributed by atoms with van der Waals surface area (Å²) in [5.74, 6) is -0.270. The first kappa shape index (κ1) is 13.1. The van der Waals surface area contributed by atoms with Gasteiger partial charge in [-0.25, -0.2) is 0 Å². The molecule has 0 aliphatic heterocycles. The zero-order chi connectivity index (χ0) is 12.8. The van der Waals surface area contributed by atoms with E-state index in [1.54, 1.807) is 6.92 Å². The Labute approximate surface area is 97.6 Å². The second kappa shape index (κ2) is 5.94. The van der Waals surface area contributed by atoms with Crippen LogP contribution in [0.1, 0.15) is 29.3 Å². The standard InChI is InChI=1S/C12H11F2NO2/c1-2-11(16)10-7-9(17-12(13)14)4-3-8(10)5-6-15/h3-4,7,12H,2,5H2,1H3. The van der Waals surface area contributed by atoms with Crippen LogP contribution in [0.5, 0.6) is 5.75 Å². The molecule has 1 rings (SSSR count). The van der Waals surface area contributed by atoms with E-state index in [0.717, 1.165) is 0 Å². The van der Waals surface area contributed by atoms with Gasteiger partial charge in [-0.15, -0.1) is 0 Å². The van der Waals surface area contributed by atoms with Crippen molar-refractivity contribution in [3.05, 3.63) is 29.3 Å². The first-order valence-electron chi connectivity index (χ1n) is 5.06. The highest BCUT2D eigenvalue weighted by Gasteiger charge is 2.13. The van der Waals surface area contributed by atoms with E-state index in [4.69, 9.17) is 5.26 Å².